The molecule has 0 saturated carbocycles. The van der Waals surface area contributed by atoms with Crippen molar-refractivity contribution in [1.29, 1.82) is 0 Å². The first-order chi connectivity index (χ1) is 10.6. The summed E-state index contributed by atoms with van der Waals surface area (Å²) in [6.45, 7) is 4.35. The number of likely N-dealkylation sites (N-methyl/N-ethyl adjacent to an activating group) is 1. The van der Waals surface area contributed by atoms with Gasteiger partial charge in [0.05, 0.1) is 4.90 Å². The lowest BCUT2D eigenvalue weighted by Gasteiger charge is -2.23. The van der Waals surface area contributed by atoms with Crippen molar-refractivity contribution in [2.45, 2.75) is 17.7 Å². The molecule has 122 valence electrons. The number of likely N-dealkylation sites (tertiary alicyclic amines) is 1. The molecule has 7 heteroatoms. The molecule has 2 aliphatic heterocycles. The molecule has 0 radical (unpaired) electrons. The second-order valence-electron chi connectivity index (χ2n) is 5.68. The van der Waals surface area contributed by atoms with Crippen molar-refractivity contribution in [2.24, 2.45) is 0 Å². The van der Waals surface area contributed by atoms with Crippen LogP contribution >= 0.6 is 0 Å². The second-order valence-corrected chi connectivity index (χ2v) is 7.73. The quantitative estimate of drug-likeness (QED) is 0.813. The third-order valence-corrected chi connectivity index (χ3v) is 6.00. The Hall–Kier alpha value is -1.31. The summed E-state index contributed by atoms with van der Waals surface area (Å²) >= 11 is 0. The predicted octanol–water partition coefficient (Wildman–Crippen LogP) is 1.17. The minimum absolute atomic E-state index is 0.251. The molecule has 0 aromatic heterocycles. The van der Waals surface area contributed by atoms with Gasteiger partial charge in [0.25, 0.3) is 0 Å². The number of nitrogens with zero attached hydrogens (tertiary/aromatic N) is 2. The molecule has 0 unspecified atom stereocenters. The molecule has 2 heterocycles. The Bertz CT molecular complexity index is 626. The number of ether oxygens (including phenoxy) is 2. The van der Waals surface area contributed by atoms with Crippen LogP contribution in [-0.2, 0) is 10.0 Å². The largest absolute Gasteiger partial charge is 0.486 e. The van der Waals surface area contributed by atoms with E-state index in [-0.39, 0.29) is 4.90 Å². The summed E-state index contributed by atoms with van der Waals surface area (Å²) in [5, 5.41) is 0. The Morgan fingerprint density at radius 2 is 1.82 bits per heavy atom. The highest BCUT2D eigenvalue weighted by Crippen LogP contribution is 2.32. The van der Waals surface area contributed by atoms with E-state index in [4.69, 9.17) is 9.47 Å². The monoisotopic (exact) mass is 326 g/mol. The van der Waals surface area contributed by atoms with Gasteiger partial charge in [-0.05, 0) is 38.1 Å². The molecule has 2 aliphatic rings. The first-order valence-corrected chi connectivity index (χ1v) is 9.10. The van der Waals surface area contributed by atoms with Crippen LogP contribution in [0.2, 0.25) is 0 Å². The van der Waals surface area contributed by atoms with Gasteiger partial charge in [-0.15, -0.1) is 0 Å². The van der Waals surface area contributed by atoms with E-state index in [2.05, 4.69) is 4.90 Å². The summed E-state index contributed by atoms with van der Waals surface area (Å²) < 4.78 is 37.6. The Morgan fingerprint density at radius 3 is 2.55 bits per heavy atom. The molecular formula is C15H22N2O4S. The van der Waals surface area contributed by atoms with Gasteiger partial charge in [0.15, 0.2) is 11.5 Å². The summed E-state index contributed by atoms with van der Waals surface area (Å²) in [5.41, 5.74) is 0. The number of hydrogen-bond acceptors (Lipinski definition) is 5. The highest BCUT2D eigenvalue weighted by atomic mass is 32.2. The third-order valence-electron chi connectivity index (χ3n) is 4.15. The maximum Gasteiger partial charge on any atom is 0.242 e. The van der Waals surface area contributed by atoms with Crippen LogP contribution in [0.5, 0.6) is 11.5 Å². The molecule has 0 N–H and O–H groups in total. The Labute approximate surface area is 131 Å². The van der Waals surface area contributed by atoms with Crippen molar-refractivity contribution in [1.82, 2.24) is 9.21 Å². The van der Waals surface area contributed by atoms with E-state index < -0.39 is 10.0 Å². The molecule has 6 nitrogen and oxygen atoms in total. The van der Waals surface area contributed by atoms with E-state index in [0.717, 1.165) is 19.6 Å². The zero-order valence-electron chi connectivity index (χ0n) is 12.8. The predicted molar refractivity (Wildman–Crippen MR) is 82.9 cm³/mol. The van der Waals surface area contributed by atoms with Gasteiger partial charge < -0.3 is 14.4 Å². The van der Waals surface area contributed by atoms with E-state index in [1.165, 1.54) is 17.1 Å². The standard InChI is InChI=1S/C15H22N2O4S/c1-16(8-9-17-6-2-3-7-17)22(18,19)13-4-5-14-15(12-13)21-11-10-20-14/h4-5,12H,2-3,6-11H2,1H3. The Morgan fingerprint density at radius 1 is 1.14 bits per heavy atom. The fourth-order valence-electron chi connectivity index (χ4n) is 2.77. The van der Waals surface area contributed by atoms with Crippen LogP contribution in [0.25, 0.3) is 0 Å². The van der Waals surface area contributed by atoms with Gasteiger partial charge in [0.1, 0.15) is 13.2 Å². The van der Waals surface area contributed by atoms with Crippen LogP contribution in [-0.4, -0.2) is 64.1 Å². The summed E-state index contributed by atoms with van der Waals surface area (Å²) in [4.78, 5) is 2.55. The Balaban J connectivity index is 1.71. The van der Waals surface area contributed by atoms with Crippen LogP contribution in [0.1, 0.15) is 12.8 Å². The maximum absolute atomic E-state index is 12.6. The molecule has 22 heavy (non-hydrogen) atoms. The van der Waals surface area contributed by atoms with E-state index in [9.17, 15) is 8.42 Å². The number of fused-ring (bicyclic) bond motifs is 1. The maximum atomic E-state index is 12.6. The average molecular weight is 326 g/mol. The van der Waals surface area contributed by atoms with Crippen molar-refractivity contribution in [3.05, 3.63) is 18.2 Å². The number of benzene rings is 1. The minimum Gasteiger partial charge on any atom is -0.486 e. The van der Waals surface area contributed by atoms with Gasteiger partial charge in [-0.1, -0.05) is 0 Å². The fourth-order valence-corrected chi connectivity index (χ4v) is 3.95. The normalized spacial score (nSPS) is 18.8. The zero-order chi connectivity index (χ0) is 15.6. The molecule has 1 aromatic rings. The highest BCUT2D eigenvalue weighted by molar-refractivity contribution is 7.89. The fraction of sp³-hybridized carbons (Fsp3) is 0.600. The van der Waals surface area contributed by atoms with Crippen molar-refractivity contribution in [3.8, 4) is 11.5 Å². The van der Waals surface area contributed by atoms with Crippen LogP contribution in [0.15, 0.2) is 23.1 Å². The topological polar surface area (TPSA) is 59.1 Å². The number of hydrogen-bond donors (Lipinski definition) is 0. The summed E-state index contributed by atoms with van der Waals surface area (Å²) in [6.07, 6.45) is 2.41. The summed E-state index contributed by atoms with van der Waals surface area (Å²) in [5.74, 6) is 1.10. The molecule has 0 atom stereocenters. The lowest BCUT2D eigenvalue weighted by Crippen LogP contribution is -2.35. The average Bonchev–Trinajstić information content (AvgIpc) is 3.05. The van der Waals surface area contributed by atoms with Crippen LogP contribution < -0.4 is 9.47 Å². The molecule has 0 amide bonds. The van der Waals surface area contributed by atoms with Gasteiger partial charge in [0.2, 0.25) is 10.0 Å². The molecule has 1 aromatic carbocycles. The molecule has 0 spiro atoms. The van der Waals surface area contributed by atoms with Crippen LogP contribution in [0.4, 0.5) is 0 Å². The molecular weight excluding hydrogens is 304 g/mol. The Kier molecular flexibility index (Phi) is 4.56. The third kappa shape index (κ3) is 3.21. The van der Waals surface area contributed by atoms with E-state index in [0.29, 0.717) is 31.3 Å². The SMILES string of the molecule is CN(CCN1CCCC1)S(=O)(=O)c1ccc2c(c1)OCCO2. The van der Waals surface area contributed by atoms with Gasteiger partial charge in [-0.3, -0.25) is 0 Å². The first kappa shape index (κ1) is 15.6. The first-order valence-electron chi connectivity index (χ1n) is 7.66. The van der Waals surface area contributed by atoms with Crippen molar-refractivity contribution in [3.63, 3.8) is 0 Å². The highest BCUT2D eigenvalue weighted by Gasteiger charge is 2.24. The van der Waals surface area contributed by atoms with Crippen molar-refractivity contribution < 1.29 is 17.9 Å². The zero-order valence-corrected chi connectivity index (χ0v) is 13.6. The van der Waals surface area contributed by atoms with E-state index >= 15 is 0 Å². The van der Waals surface area contributed by atoms with Gasteiger partial charge in [-0.25, -0.2) is 8.42 Å². The smallest absolute Gasteiger partial charge is 0.242 e. The number of rotatable bonds is 5. The molecule has 3 rings (SSSR count). The van der Waals surface area contributed by atoms with Crippen molar-refractivity contribution >= 4 is 10.0 Å². The van der Waals surface area contributed by atoms with E-state index in [1.807, 2.05) is 0 Å². The summed E-state index contributed by atoms with van der Waals surface area (Å²) in [7, 11) is -1.87. The van der Waals surface area contributed by atoms with Gasteiger partial charge >= 0.3 is 0 Å². The molecule has 0 bridgehead atoms. The second kappa shape index (κ2) is 6.44. The van der Waals surface area contributed by atoms with E-state index in [1.54, 1.807) is 25.2 Å². The minimum atomic E-state index is -3.49. The molecule has 0 aliphatic carbocycles. The number of sulfonamides is 1. The van der Waals surface area contributed by atoms with Gasteiger partial charge in [0, 0.05) is 26.2 Å². The molecule has 1 fully saturated rings. The van der Waals surface area contributed by atoms with Crippen molar-refractivity contribution in [2.75, 3.05) is 46.4 Å². The van der Waals surface area contributed by atoms with Crippen LogP contribution in [0, 0.1) is 0 Å². The lowest BCUT2D eigenvalue weighted by atomic mass is 10.3. The lowest BCUT2D eigenvalue weighted by molar-refractivity contribution is 0.171. The van der Waals surface area contributed by atoms with Crippen LogP contribution in [0.3, 0.4) is 0 Å². The summed E-state index contributed by atoms with van der Waals surface area (Å²) in [6, 6.07) is 4.79. The molecule has 1 saturated heterocycles. The van der Waals surface area contributed by atoms with Gasteiger partial charge in [-0.2, -0.15) is 4.31 Å².